The minimum atomic E-state index is -0.436. The van der Waals surface area contributed by atoms with Crippen molar-refractivity contribution in [2.75, 3.05) is 5.32 Å². The Kier molecular flexibility index (Phi) is 3.87. The molecule has 1 N–H and O–H groups in total. The average Bonchev–Trinajstić information content (AvgIpc) is 2.42. The van der Waals surface area contributed by atoms with Crippen molar-refractivity contribution in [3.63, 3.8) is 0 Å². The molecule has 0 heterocycles. The smallest absolute Gasteiger partial charge is 0.275 e. The van der Waals surface area contributed by atoms with Gasteiger partial charge in [-0.25, -0.2) is 0 Å². The molecule has 19 heavy (non-hydrogen) atoms. The van der Waals surface area contributed by atoms with E-state index in [4.69, 9.17) is 0 Å². The summed E-state index contributed by atoms with van der Waals surface area (Å²) in [5, 5.41) is 13.6. The first-order chi connectivity index (χ1) is 9.22. The predicted octanol–water partition coefficient (Wildman–Crippen LogP) is 2.75. The highest BCUT2D eigenvalue weighted by molar-refractivity contribution is 5.76. The van der Waals surface area contributed by atoms with E-state index in [1.54, 1.807) is 12.1 Å². The van der Waals surface area contributed by atoms with Crippen LogP contribution in [0.1, 0.15) is 11.1 Å². The maximum atomic E-state index is 11.1. The van der Waals surface area contributed by atoms with E-state index in [-0.39, 0.29) is 5.69 Å². The van der Waals surface area contributed by atoms with E-state index in [0.717, 1.165) is 5.56 Å². The zero-order chi connectivity index (χ0) is 13.7. The number of nitro benzene ring substituents is 1. The number of hydrogen-bond donors (Lipinski definition) is 1. The number of anilines is 1. The number of rotatable bonds is 5. The zero-order valence-electron chi connectivity index (χ0n) is 10.1. The van der Waals surface area contributed by atoms with Gasteiger partial charge in [-0.05, 0) is 11.6 Å². The van der Waals surface area contributed by atoms with Crippen molar-refractivity contribution in [1.82, 2.24) is 0 Å². The van der Waals surface area contributed by atoms with Crippen molar-refractivity contribution < 1.29 is 9.72 Å². The minimum Gasteiger partial charge on any atom is -0.328 e. The molecule has 5 nitrogen and oxygen atoms in total. The van der Waals surface area contributed by atoms with Crippen LogP contribution in [-0.2, 0) is 11.2 Å². The van der Waals surface area contributed by atoms with E-state index >= 15 is 0 Å². The summed E-state index contributed by atoms with van der Waals surface area (Å²) in [6.45, 7) is 0. The van der Waals surface area contributed by atoms with E-state index in [9.17, 15) is 14.9 Å². The number of nitrogens with one attached hydrogen (secondary N) is 1. The Morgan fingerprint density at radius 1 is 1.11 bits per heavy atom. The lowest BCUT2D eigenvalue weighted by Gasteiger charge is -2.09. The van der Waals surface area contributed by atoms with Gasteiger partial charge in [0.15, 0.2) is 0 Å². The van der Waals surface area contributed by atoms with Crippen LogP contribution in [-0.4, -0.2) is 11.3 Å². The molecular formula is C14H12N2O3. The summed E-state index contributed by atoms with van der Waals surface area (Å²) in [4.78, 5) is 21.2. The van der Waals surface area contributed by atoms with Crippen LogP contribution in [0, 0.1) is 10.1 Å². The lowest BCUT2D eigenvalue weighted by molar-refractivity contribution is -0.385. The molecule has 0 spiro atoms. The van der Waals surface area contributed by atoms with Gasteiger partial charge in [0.2, 0.25) is 6.41 Å². The molecule has 0 saturated carbocycles. The van der Waals surface area contributed by atoms with E-state index in [0.29, 0.717) is 24.1 Å². The number of carbonyl (C=O) groups is 1. The molecule has 2 aromatic rings. The van der Waals surface area contributed by atoms with Crippen molar-refractivity contribution in [1.29, 1.82) is 0 Å². The molecule has 2 aromatic carbocycles. The van der Waals surface area contributed by atoms with Gasteiger partial charge in [0.05, 0.1) is 16.2 Å². The van der Waals surface area contributed by atoms with Crippen LogP contribution in [0.3, 0.4) is 0 Å². The van der Waals surface area contributed by atoms with Gasteiger partial charge >= 0.3 is 0 Å². The Hall–Kier alpha value is -2.69. The van der Waals surface area contributed by atoms with Gasteiger partial charge < -0.3 is 5.32 Å². The third-order valence-electron chi connectivity index (χ3n) is 2.79. The minimum absolute atomic E-state index is 0.00991. The summed E-state index contributed by atoms with van der Waals surface area (Å²) >= 11 is 0. The number of nitrogens with zero attached hydrogens (tertiary/aromatic N) is 1. The van der Waals surface area contributed by atoms with Crippen molar-refractivity contribution in [3.8, 4) is 0 Å². The lowest BCUT2D eigenvalue weighted by atomic mass is 10.0. The number of benzene rings is 2. The number of nitro groups is 1. The predicted molar refractivity (Wildman–Crippen MR) is 72.0 cm³/mol. The molecule has 0 aliphatic carbocycles. The van der Waals surface area contributed by atoms with Gasteiger partial charge in [0.1, 0.15) is 0 Å². The van der Waals surface area contributed by atoms with Crippen LogP contribution in [0.15, 0.2) is 48.5 Å². The number of carbonyl (C=O) groups excluding carboxylic acids is 1. The van der Waals surface area contributed by atoms with Gasteiger partial charge in [0, 0.05) is 12.5 Å². The molecule has 0 aliphatic heterocycles. The molecular weight excluding hydrogens is 244 g/mol. The quantitative estimate of drug-likeness (QED) is 0.508. The van der Waals surface area contributed by atoms with E-state index in [2.05, 4.69) is 5.32 Å². The summed E-state index contributed by atoms with van der Waals surface area (Å²) in [5.41, 5.74) is 1.93. The van der Waals surface area contributed by atoms with Crippen LogP contribution in [0.2, 0.25) is 0 Å². The van der Waals surface area contributed by atoms with E-state index in [1.165, 1.54) is 6.07 Å². The van der Waals surface area contributed by atoms with Crippen LogP contribution >= 0.6 is 0 Å². The second-order valence-corrected chi connectivity index (χ2v) is 3.98. The summed E-state index contributed by atoms with van der Waals surface area (Å²) in [6.07, 6.45) is 0.918. The molecule has 0 bridgehead atoms. The van der Waals surface area contributed by atoms with Gasteiger partial charge in [-0.15, -0.1) is 0 Å². The Labute approximate surface area is 110 Å². The standard InChI is InChI=1S/C14H12N2O3/c17-10-15-13-7-4-8-14(16(18)19)12(13)9-11-5-2-1-3-6-11/h1-8,10H,9H2,(H,15,17). The van der Waals surface area contributed by atoms with Crippen molar-refractivity contribution >= 4 is 17.8 Å². The highest BCUT2D eigenvalue weighted by atomic mass is 16.6. The van der Waals surface area contributed by atoms with Gasteiger partial charge in [-0.3, -0.25) is 14.9 Å². The molecule has 0 radical (unpaired) electrons. The topological polar surface area (TPSA) is 72.2 Å². The Bertz CT molecular complexity index is 597. The van der Waals surface area contributed by atoms with E-state index in [1.807, 2.05) is 30.3 Å². The molecule has 5 heteroatoms. The first-order valence-electron chi connectivity index (χ1n) is 5.72. The van der Waals surface area contributed by atoms with Crippen LogP contribution in [0.25, 0.3) is 0 Å². The van der Waals surface area contributed by atoms with E-state index < -0.39 is 4.92 Å². The first-order valence-corrected chi connectivity index (χ1v) is 5.72. The van der Waals surface area contributed by atoms with Crippen molar-refractivity contribution in [2.45, 2.75) is 6.42 Å². The monoisotopic (exact) mass is 256 g/mol. The normalized spacial score (nSPS) is 9.89. The fourth-order valence-corrected chi connectivity index (χ4v) is 1.93. The molecule has 96 valence electrons. The molecule has 0 aromatic heterocycles. The van der Waals surface area contributed by atoms with Gasteiger partial charge in [0.25, 0.3) is 5.69 Å². The molecule has 0 aliphatic rings. The fraction of sp³-hybridized carbons (Fsp3) is 0.0714. The maximum absolute atomic E-state index is 11.1. The fourth-order valence-electron chi connectivity index (χ4n) is 1.93. The first kappa shape index (κ1) is 12.8. The lowest BCUT2D eigenvalue weighted by Crippen LogP contribution is -2.03. The Morgan fingerprint density at radius 3 is 2.47 bits per heavy atom. The number of amides is 1. The van der Waals surface area contributed by atoms with Crippen molar-refractivity contribution in [2.24, 2.45) is 0 Å². The molecule has 2 rings (SSSR count). The molecule has 0 fully saturated rings. The second kappa shape index (κ2) is 5.77. The van der Waals surface area contributed by atoms with Crippen LogP contribution in [0.4, 0.5) is 11.4 Å². The van der Waals surface area contributed by atoms with Gasteiger partial charge in [-0.1, -0.05) is 36.4 Å². The third-order valence-corrected chi connectivity index (χ3v) is 2.79. The third kappa shape index (κ3) is 2.95. The second-order valence-electron chi connectivity index (χ2n) is 3.98. The van der Waals surface area contributed by atoms with Gasteiger partial charge in [-0.2, -0.15) is 0 Å². The Morgan fingerprint density at radius 2 is 1.84 bits per heavy atom. The van der Waals surface area contributed by atoms with Crippen LogP contribution in [0.5, 0.6) is 0 Å². The molecule has 0 atom stereocenters. The van der Waals surface area contributed by atoms with Crippen molar-refractivity contribution in [3.05, 3.63) is 69.8 Å². The average molecular weight is 256 g/mol. The summed E-state index contributed by atoms with van der Waals surface area (Å²) in [7, 11) is 0. The molecule has 1 amide bonds. The van der Waals surface area contributed by atoms with Crippen LogP contribution < -0.4 is 5.32 Å². The summed E-state index contributed by atoms with van der Waals surface area (Å²) in [6, 6.07) is 14.1. The SMILES string of the molecule is O=CNc1cccc([N+](=O)[O-])c1Cc1ccccc1. The summed E-state index contributed by atoms with van der Waals surface area (Å²) < 4.78 is 0. The Balaban J connectivity index is 2.46. The summed E-state index contributed by atoms with van der Waals surface area (Å²) in [5.74, 6) is 0. The zero-order valence-corrected chi connectivity index (χ0v) is 10.1. The molecule has 0 saturated heterocycles. The molecule has 0 unspecified atom stereocenters. The highest BCUT2D eigenvalue weighted by Crippen LogP contribution is 2.28. The number of hydrogen-bond acceptors (Lipinski definition) is 3. The maximum Gasteiger partial charge on any atom is 0.275 e. The highest BCUT2D eigenvalue weighted by Gasteiger charge is 2.17. The largest absolute Gasteiger partial charge is 0.328 e.